The molecule has 1 unspecified atom stereocenters. The number of carbonyl (C=O) groups excluding carboxylic acids is 1. The van der Waals surface area contributed by atoms with Crippen molar-refractivity contribution in [1.29, 1.82) is 0 Å². The van der Waals surface area contributed by atoms with Gasteiger partial charge in [0.15, 0.2) is 5.60 Å². The van der Waals surface area contributed by atoms with E-state index < -0.39 is 33.4 Å². The van der Waals surface area contributed by atoms with Gasteiger partial charge in [0.2, 0.25) is 0 Å². The van der Waals surface area contributed by atoms with Crippen molar-refractivity contribution in [3.05, 3.63) is 29.3 Å². The van der Waals surface area contributed by atoms with E-state index in [4.69, 9.17) is 16.3 Å². The van der Waals surface area contributed by atoms with Crippen LogP contribution in [0.3, 0.4) is 0 Å². The Hall–Kier alpha value is -1.80. The van der Waals surface area contributed by atoms with E-state index in [1.807, 2.05) is 0 Å². The second-order valence-corrected chi connectivity index (χ2v) is 8.86. The molecule has 1 amide bonds. The molecule has 2 N–H and O–H groups in total. The maximum absolute atomic E-state index is 12.4. The van der Waals surface area contributed by atoms with Gasteiger partial charge in [-0.05, 0) is 44.5 Å². The first-order valence-corrected chi connectivity index (χ1v) is 9.85. The number of hydrogen-bond acceptors (Lipinski definition) is 5. The zero-order chi connectivity index (χ0) is 19.3. The van der Waals surface area contributed by atoms with E-state index in [-0.39, 0.29) is 17.9 Å². The molecular formula is C16H22ClNO6S. The lowest BCUT2D eigenvalue weighted by Crippen LogP contribution is -2.52. The molecule has 1 aromatic rings. The molecule has 7 nitrogen and oxygen atoms in total. The lowest BCUT2D eigenvalue weighted by molar-refractivity contribution is -0.145. The monoisotopic (exact) mass is 391 g/mol. The maximum atomic E-state index is 12.4. The number of carboxylic acid groups (broad SMARTS) is 1. The number of ether oxygens (including phenoxy) is 1. The van der Waals surface area contributed by atoms with Crippen molar-refractivity contribution in [3.8, 4) is 5.75 Å². The fraction of sp³-hybridized carbons (Fsp3) is 0.500. The molecule has 0 spiro atoms. The summed E-state index contributed by atoms with van der Waals surface area (Å²) in [5, 5.41) is 12.1. The molecule has 0 heterocycles. The van der Waals surface area contributed by atoms with Crippen LogP contribution in [0, 0.1) is 0 Å². The van der Waals surface area contributed by atoms with E-state index in [2.05, 4.69) is 5.32 Å². The maximum Gasteiger partial charge on any atom is 0.326 e. The van der Waals surface area contributed by atoms with Gasteiger partial charge in [-0.1, -0.05) is 18.5 Å². The fourth-order valence-electron chi connectivity index (χ4n) is 1.87. The standard InChI is InChI=1S/C16H22ClNO6S/c1-4-25(22,23)10-9-13(14(19)20)18-15(21)16(2,3)24-12-7-5-11(17)6-8-12/h5-8,13H,4,9-10H2,1-3H3,(H,18,21)(H,19,20). The molecule has 0 saturated carbocycles. The Morgan fingerprint density at radius 3 is 2.32 bits per heavy atom. The van der Waals surface area contributed by atoms with E-state index in [9.17, 15) is 23.1 Å². The number of halogens is 1. The Morgan fingerprint density at radius 2 is 1.84 bits per heavy atom. The first-order valence-electron chi connectivity index (χ1n) is 7.65. The molecule has 140 valence electrons. The minimum atomic E-state index is -3.33. The first-order chi connectivity index (χ1) is 11.5. The van der Waals surface area contributed by atoms with Crippen molar-refractivity contribution in [2.45, 2.75) is 38.8 Å². The molecule has 1 aromatic carbocycles. The van der Waals surface area contributed by atoms with Gasteiger partial charge in [-0.25, -0.2) is 13.2 Å². The van der Waals surface area contributed by atoms with Crippen LogP contribution in [-0.4, -0.2) is 48.5 Å². The van der Waals surface area contributed by atoms with Crippen LogP contribution < -0.4 is 10.1 Å². The van der Waals surface area contributed by atoms with Gasteiger partial charge in [-0.15, -0.1) is 0 Å². The minimum absolute atomic E-state index is 0.0849. The summed E-state index contributed by atoms with van der Waals surface area (Å²) < 4.78 is 28.7. The molecule has 0 aliphatic carbocycles. The largest absolute Gasteiger partial charge is 0.480 e. The van der Waals surface area contributed by atoms with Crippen molar-refractivity contribution >= 4 is 33.3 Å². The Bertz CT molecular complexity index is 715. The van der Waals surface area contributed by atoms with Crippen molar-refractivity contribution in [2.24, 2.45) is 0 Å². The third-order valence-corrected chi connectivity index (χ3v) is 5.48. The van der Waals surface area contributed by atoms with Gasteiger partial charge >= 0.3 is 5.97 Å². The Balaban J connectivity index is 2.77. The SMILES string of the molecule is CCS(=O)(=O)CCC(NC(=O)C(C)(C)Oc1ccc(Cl)cc1)C(=O)O. The molecule has 0 saturated heterocycles. The summed E-state index contributed by atoms with van der Waals surface area (Å²) in [6, 6.07) is 5.04. The number of carbonyl (C=O) groups is 2. The predicted molar refractivity (Wildman–Crippen MR) is 94.7 cm³/mol. The van der Waals surface area contributed by atoms with E-state index in [0.29, 0.717) is 10.8 Å². The molecule has 0 aliphatic heterocycles. The molecule has 0 radical (unpaired) electrons. The minimum Gasteiger partial charge on any atom is -0.480 e. The second kappa shape index (κ2) is 8.53. The topological polar surface area (TPSA) is 110 Å². The molecule has 0 fully saturated rings. The number of sulfone groups is 1. The van der Waals surface area contributed by atoms with Gasteiger partial charge in [-0.3, -0.25) is 4.79 Å². The van der Waals surface area contributed by atoms with Crippen LogP contribution >= 0.6 is 11.6 Å². The average Bonchev–Trinajstić information content (AvgIpc) is 2.52. The summed E-state index contributed by atoms with van der Waals surface area (Å²) in [4.78, 5) is 23.7. The van der Waals surface area contributed by atoms with Crippen LogP contribution in [0.15, 0.2) is 24.3 Å². The highest BCUT2D eigenvalue weighted by Gasteiger charge is 2.33. The van der Waals surface area contributed by atoms with E-state index in [1.165, 1.54) is 20.8 Å². The molecule has 0 aliphatic rings. The van der Waals surface area contributed by atoms with Crippen molar-refractivity contribution in [3.63, 3.8) is 0 Å². The van der Waals surface area contributed by atoms with Gasteiger partial charge in [0, 0.05) is 10.8 Å². The lowest BCUT2D eigenvalue weighted by atomic mass is 10.1. The number of amides is 1. The highest BCUT2D eigenvalue weighted by Crippen LogP contribution is 2.21. The average molecular weight is 392 g/mol. The number of aliphatic carboxylic acids is 1. The predicted octanol–water partition coefficient (Wildman–Crippen LogP) is 1.89. The Kier molecular flexibility index (Phi) is 7.25. The van der Waals surface area contributed by atoms with Crippen LogP contribution in [0.1, 0.15) is 27.2 Å². The quantitative estimate of drug-likeness (QED) is 0.665. The molecule has 9 heteroatoms. The summed E-state index contributed by atoms with van der Waals surface area (Å²) in [6.45, 7) is 4.45. The Labute approximate surface area is 152 Å². The molecule has 0 aromatic heterocycles. The summed E-state index contributed by atoms with van der Waals surface area (Å²) in [7, 11) is -3.33. The summed E-state index contributed by atoms with van der Waals surface area (Å²) >= 11 is 5.78. The molecule has 25 heavy (non-hydrogen) atoms. The van der Waals surface area contributed by atoms with Crippen LogP contribution in [0.4, 0.5) is 0 Å². The molecule has 1 rings (SSSR count). The van der Waals surface area contributed by atoms with Gasteiger partial charge in [0.25, 0.3) is 5.91 Å². The van der Waals surface area contributed by atoms with Crippen LogP contribution in [0.2, 0.25) is 5.02 Å². The van der Waals surface area contributed by atoms with Crippen LogP contribution in [0.25, 0.3) is 0 Å². The zero-order valence-corrected chi connectivity index (χ0v) is 15.9. The van der Waals surface area contributed by atoms with Crippen molar-refractivity contribution in [2.75, 3.05) is 11.5 Å². The smallest absolute Gasteiger partial charge is 0.326 e. The fourth-order valence-corrected chi connectivity index (χ4v) is 2.88. The third-order valence-electron chi connectivity index (χ3n) is 3.49. The van der Waals surface area contributed by atoms with Crippen LogP contribution in [0.5, 0.6) is 5.75 Å². The van der Waals surface area contributed by atoms with Crippen molar-refractivity contribution < 1.29 is 27.9 Å². The van der Waals surface area contributed by atoms with E-state index >= 15 is 0 Å². The first kappa shape index (κ1) is 21.2. The number of hydrogen-bond donors (Lipinski definition) is 2. The molecule has 1 atom stereocenters. The number of rotatable bonds is 9. The number of nitrogens with one attached hydrogen (secondary N) is 1. The number of benzene rings is 1. The van der Waals surface area contributed by atoms with E-state index in [1.54, 1.807) is 24.3 Å². The highest BCUT2D eigenvalue weighted by molar-refractivity contribution is 7.91. The summed E-state index contributed by atoms with van der Waals surface area (Å²) in [5.74, 6) is -1.98. The normalized spacial score (nSPS) is 13.1. The lowest BCUT2D eigenvalue weighted by Gasteiger charge is -2.27. The molecular weight excluding hydrogens is 370 g/mol. The van der Waals surface area contributed by atoms with Gasteiger partial charge in [-0.2, -0.15) is 0 Å². The van der Waals surface area contributed by atoms with E-state index in [0.717, 1.165) is 0 Å². The third kappa shape index (κ3) is 6.91. The Morgan fingerprint density at radius 1 is 1.28 bits per heavy atom. The van der Waals surface area contributed by atoms with Gasteiger partial charge in [0.1, 0.15) is 21.6 Å². The zero-order valence-electron chi connectivity index (χ0n) is 14.3. The second-order valence-electron chi connectivity index (χ2n) is 5.96. The van der Waals surface area contributed by atoms with Gasteiger partial charge in [0.05, 0.1) is 5.75 Å². The summed E-state index contributed by atoms with van der Waals surface area (Å²) in [5.41, 5.74) is -1.36. The van der Waals surface area contributed by atoms with Crippen LogP contribution in [-0.2, 0) is 19.4 Å². The highest BCUT2D eigenvalue weighted by atomic mass is 35.5. The van der Waals surface area contributed by atoms with Gasteiger partial charge < -0.3 is 15.2 Å². The molecule has 0 bridgehead atoms. The summed E-state index contributed by atoms with van der Waals surface area (Å²) in [6.07, 6.45) is -0.214. The number of carboxylic acids is 1. The van der Waals surface area contributed by atoms with Crippen molar-refractivity contribution in [1.82, 2.24) is 5.32 Å².